The van der Waals surface area contributed by atoms with Gasteiger partial charge in [0.15, 0.2) is 0 Å². The molecule has 0 radical (unpaired) electrons. The van der Waals surface area contributed by atoms with Crippen LogP contribution >= 0.6 is 45.8 Å². The average molecular weight is 575 g/mol. The molecule has 3 aromatic carbocycles. The van der Waals surface area contributed by atoms with E-state index in [0.717, 1.165) is 9.13 Å². The Hall–Kier alpha value is -1.81. The first-order valence-electron chi connectivity index (χ1n) is 8.77. The number of amides is 1. The maximum atomic E-state index is 13.1. The zero-order valence-corrected chi connectivity index (χ0v) is 20.2. The predicted octanol–water partition coefficient (Wildman–Crippen LogP) is 5.79. The van der Waals surface area contributed by atoms with Gasteiger partial charge in [0, 0.05) is 14.3 Å². The zero-order valence-electron chi connectivity index (χ0n) is 15.7. The normalized spacial score (nSPS) is 11.2. The van der Waals surface area contributed by atoms with Crippen LogP contribution in [-0.2, 0) is 14.6 Å². The van der Waals surface area contributed by atoms with Crippen LogP contribution in [-0.4, -0.2) is 20.9 Å². The van der Waals surface area contributed by atoms with Gasteiger partial charge in [-0.15, -0.1) is 0 Å². The summed E-state index contributed by atoms with van der Waals surface area (Å²) in [6, 6.07) is 16.2. The van der Waals surface area contributed by atoms with Gasteiger partial charge < -0.3 is 10.6 Å². The number of halogens is 3. The van der Waals surface area contributed by atoms with Gasteiger partial charge in [-0.3, -0.25) is 4.79 Å². The molecule has 0 aliphatic carbocycles. The molecule has 0 aliphatic rings. The quantitative estimate of drug-likeness (QED) is 0.365. The molecule has 0 fully saturated rings. The summed E-state index contributed by atoms with van der Waals surface area (Å²) in [6.07, 6.45) is 0. The van der Waals surface area contributed by atoms with Crippen LogP contribution in [0.2, 0.25) is 10.0 Å². The van der Waals surface area contributed by atoms with E-state index in [4.69, 9.17) is 23.2 Å². The number of benzene rings is 3. The van der Waals surface area contributed by atoms with Gasteiger partial charge in [0.2, 0.25) is 15.7 Å². The maximum absolute atomic E-state index is 13.1. The van der Waals surface area contributed by atoms with E-state index in [1.54, 1.807) is 12.1 Å². The number of hydrogen-bond acceptors (Lipinski definition) is 4. The van der Waals surface area contributed by atoms with E-state index in [0.29, 0.717) is 10.7 Å². The number of aryl methyl sites for hydroxylation is 1. The lowest BCUT2D eigenvalue weighted by atomic mass is 10.2. The van der Waals surface area contributed by atoms with Crippen LogP contribution in [0.5, 0.6) is 0 Å². The molecule has 0 atom stereocenters. The largest absolute Gasteiger partial charge is 0.375 e. The molecule has 0 aliphatic heterocycles. The molecular weight excluding hydrogens is 558 g/mol. The van der Waals surface area contributed by atoms with Gasteiger partial charge in [0.05, 0.1) is 22.2 Å². The van der Waals surface area contributed by atoms with E-state index < -0.39 is 9.84 Å². The number of anilines is 2. The Labute approximate surface area is 198 Å². The van der Waals surface area contributed by atoms with Crippen LogP contribution in [0.4, 0.5) is 11.4 Å². The number of rotatable bonds is 6. The van der Waals surface area contributed by atoms with Crippen molar-refractivity contribution in [2.75, 3.05) is 17.2 Å². The average Bonchev–Trinajstić information content (AvgIpc) is 2.68. The molecule has 0 unspecified atom stereocenters. The molecule has 0 saturated heterocycles. The summed E-state index contributed by atoms with van der Waals surface area (Å²) in [5.74, 6) is -0.311. The van der Waals surface area contributed by atoms with Crippen molar-refractivity contribution in [1.29, 1.82) is 0 Å². The summed E-state index contributed by atoms with van der Waals surface area (Å²) in [7, 11) is -3.92. The first-order valence-corrected chi connectivity index (χ1v) is 12.1. The van der Waals surface area contributed by atoms with E-state index in [-0.39, 0.29) is 33.0 Å². The number of carbonyl (C=O) groups is 1. The third-order valence-corrected chi connectivity index (χ3v) is 7.48. The zero-order chi connectivity index (χ0) is 21.9. The molecule has 2 N–H and O–H groups in total. The van der Waals surface area contributed by atoms with Crippen LogP contribution in [0.15, 0.2) is 70.5 Å². The highest BCUT2D eigenvalue weighted by atomic mass is 127. The lowest BCUT2D eigenvalue weighted by molar-refractivity contribution is -0.114. The Morgan fingerprint density at radius 3 is 2.37 bits per heavy atom. The van der Waals surface area contributed by atoms with Gasteiger partial charge in [0.25, 0.3) is 0 Å². The van der Waals surface area contributed by atoms with Crippen molar-refractivity contribution in [3.05, 3.63) is 79.8 Å². The highest BCUT2D eigenvalue weighted by Crippen LogP contribution is 2.34. The van der Waals surface area contributed by atoms with Crippen molar-refractivity contribution in [2.45, 2.75) is 16.7 Å². The summed E-state index contributed by atoms with van der Waals surface area (Å²) in [4.78, 5) is 12.4. The van der Waals surface area contributed by atoms with E-state index in [1.807, 2.05) is 25.1 Å². The van der Waals surface area contributed by atoms with Gasteiger partial charge in [0.1, 0.15) is 4.90 Å². The molecule has 1 amide bonds. The highest BCUT2D eigenvalue weighted by Gasteiger charge is 2.25. The SMILES string of the molecule is Cc1cc(I)ccc1NC(=O)CNc1cccc(Cl)c1S(=O)(=O)c1ccc(Cl)cc1. The molecule has 0 spiro atoms. The summed E-state index contributed by atoms with van der Waals surface area (Å²) >= 11 is 14.3. The minimum Gasteiger partial charge on any atom is -0.375 e. The molecule has 30 heavy (non-hydrogen) atoms. The second kappa shape index (κ2) is 9.55. The maximum Gasteiger partial charge on any atom is 0.243 e. The number of carbonyl (C=O) groups excluding carboxylic acids is 1. The lowest BCUT2D eigenvalue weighted by Crippen LogP contribution is -2.23. The molecular formula is C21H17Cl2IN2O3S. The van der Waals surface area contributed by atoms with Gasteiger partial charge in [-0.05, 0) is 89.7 Å². The Bertz CT molecular complexity index is 1200. The second-order valence-corrected chi connectivity index (χ2v) is 10.4. The third kappa shape index (κ3) is 5.26. The van der Waals surface area contributed by atoms with Crippen LogP contribution < -0.4 is 10.6 Å². The van der Waals surface area contributed by atoms with Crippen molar-refractivity contribution >= 4 is 72.9 Å². The van der Waals surface area contributed by atoms with Crippen molar-refractivity contribution in [2.24, 2.45) is 0 Å². The molecule has 5 nitrogen and oxygen atoms in total. The van der Waals surface area contributed by atoms with Crippen molar-refractivity contribution < 1.29 is 13.2 Å². The van der Waals surface area contributed by atoms with Crippen molar-refractivity contribution in [3.63, 3.8) is 0 Å². The standard InChI is InChI=1S/C21H17Cl2IN2O3S/c1-13-11-15(24)7-10-18(13)26-20(27)12-25-19-4-2-3-17(23)21(19)30(28,29)16-8-5-14(22)6-9-16/h2-11,25H,12H2,1H3,(H,26,27). The molecule has 3 rings (SSSR count). The smallest absolute Gasteiger partial charge is 0.243 e. The number of hydrogen-bond donors (Lipinski definition) is 2. The fourth-order valence-electron chi connectivity index (χ4n) is 2.79. The van der Waals surface area contributed by atoms with Gasteiger partial charge >= 0.3 is 0 Å². The first kappa shape index (κ1) is 22.9. The van der Waals surface area contributed by atoms with Gasteiger partial charge in [-0.25, -0.2) is 8.42 Å². The van der Waals surface area contributed by atoms with Crippen molar-refractivity contribution in [1.82, 2.24) is 0 Å². The summed E-state index contributed by atoms with van der Waals surface area (Å²) in [5, 5.41) is 6.19. The minimum absolute atomic E-state index is 0.0574. The Morgan fingerprint density at radius 1 is 1.00 bits per heavy atom. The van der Waals surface area contributed by atoms with E-state index in [9.17, 15) is 13.2 Å². The van der Waals surface area contributed by atoms with Crippen molar-refractivity contribution in [3.8, 4) is 0 Å². The molecule has 0 bridgehead atoms. The predicted molar refractivity (Wildman–Crippen MR) is 129 cm³/mol. The summed E-state index contributed by atoms with van der Waals surface area (Å²) in [5.41, 5.74) is 1.87. The molecule has 0 saturated carbocycles. The Balaban J connectivity index is 1.83. The molecule has 3 aromatic rings. The van der Waals surface area contributed by atoms with Gasteiger partial charge in [-0.1, -0.05) is 29.3 Å². The molecule has 156 valence electrons. The van der Waals surface area contributed by atoms with Crippen LogP contribution in [0.25, 0.3) is 0 Å². The number of sulfone groups is 1. The first-order chi connectivity index (χ1) is 14.2. The molecule has 0 heterocycles. The van der Waals surface area contributed by atoms with E-state index >= 15 is 0 Å². The molecule has 9 heteroatoms. The van der Waals surface area contributed by atoms with E-state index in [2.05, 4.69) is 33.2 Å². The second-order valence-electron chi connectivity index (χ2n) is 6.43. The minimum atomic E-state index is -3.92. The fourth-order valence-corrected chi connectivity index (χ4v) is 5.53. The van der Waals surface area contributed by atoms with Crippen LogP contribution in [0.3, 0.4) is 0 Å². The Kier molecular flexibility index (Phi) is 7.28. The topological polar surface area (TPSA) is 75.3 Å². The van der Waals surface area contributed by atoms with E-state index in [1.165, 1.54) is 30.3 Å². The highest BCUT2D eigenvalue weighted by molar-refractivity contribution is 14.1. The summed E-state index contributed by atoms with van der Waals surface area (Å²) in [6.45, 7) is 1.77. The monoisotopic (exact) mass is 574 g/mol. The summed E-state index contributed by atoms with van der Waals surface area (Å²) < 4.78 is 27.3. The van der Waals surface area contributed by atoms with Crippen LogP contribution in [0, 0.1) is 10.5 Å². The fraction of sp³-hybridized carbons (Fsp3) is 0.0952. The third-order valence-electron chi connectivity index (χ3n) is 4.26. The van der Waals surface area contributed by atoms with Crippen LogP contribution in [0.1, 0.15) is 5.56 Å². The molecule has 0 aromatic heterocycles. The van der Waals surface area contributed by atoms with Gasteiger partial charge in [-0.2, -0.15) is 0 Å². The number of nitrogens with one attached hydrogen (secondary N) is 2. The Morgan fingerprint density at radius 2 is 1.70 bits per heavy atom. The lowest BCUT2D eigenvalue weighted by Gasteiger charge is -2.15.